The van der Waals surface area contributed by atoms with E-state index in [9.17, 15) is 0 Å². The van der Waals surface area contributed by atoms with Crippen molar-refractivity contribution in [2.45, 2.75) is 46.6 Å². The Morgan fingerprint density at radius 3 is 2.60 bits per heavy atom. The lowest BCUT2D eigenvalue weighted by Crippen LogP contribution is -2.42. The Balaban J connectivity index is 2.23. The summed E-state index contributed by atoms with van der Waals surface area (Å²) in [4.78, 5) is 2.64. The van der Waals surface area contributed by atoms with Gasteiger partial charge in [0.2, 0.25) is 0 Å². The minimum Gasteiger partial charge on any atom is -0.314 e. The summed E-state index contributed by atoms with van der Waals surface area (Å²) in [6.07, 6.45) is 2.80. The maximum atomic E-state index is 3.56. The van der Waals surface area contributed by atoms with Crippen LogP contribution in [0.1, 0.15) is 40.5 Å². The lowest BCUT2D eigenvalue weighted by Gasteiger charge is -2.34. The molecule has 2 nitrogen and oxygen atoms in total. The SMILES string of the molecule is CC(C)CN1CCCC(CNC(C)C)C1. The van der Waals surface area contributed by atoms with Gasteiger partial charge >= 0.3 is 0 Å². The molecule has 0 aromatic carbocycles. The van der Waals surface area contributed by atoms with Crippen LogP contribution in [-0.2, 0) is 0 Å². The van der Waals surface area contributed by atoms with Crippen LogP contribution in [0, 0.1) is 11.8 Å². The van der Waals surface area contributed by atoms with Gasteiger partial charge in [0.15, 0.2) is 0 Å². The highest BCUT2D eigenvalue weighted by molar-refractivity contribution is 4.75. The van der Waals surface area contributed by atoms with Gasteiger partial charge in [-0.2, -0.15) is 0 Å². The summed E-state index contributed by atoms with van der Waals surface area (Å²) in [5.74, 6) is 1.68. The van der Waals surface area contributed by atoms with E-state index in [2.05, 4.69) is 37.9 Å². The molecule has 1 aliphatic heterocycles. The molecule has 1 atom stereocenters. The Kier molecular flexibility index (Phi) is 5.62. The Bertz CT molecular complexity index is 166. The molecule has 1 rings (SSSR count). The molecule has 0 aromatic rings. The van der Waals surface area contributed by atoms with E-state index in [0.29, 0.717) is 6.04 Å². The fraction of sp³-hybridized carbons (Fsp3) is 1.00. The lowest BCUT2D eigenvalue weighted by atomic mass is 9.97. The van der Waals surface area contributed by atoms with Gasteiger partial charge in [0.25, 0.3) is 0 Å². The van der Waals surface area contributed by atoms with Crippen molar-refractivity contribution < 1.29 is 0 Å². The van der Waals surface area contributed by atoms with Crippen LogP contribution in [0.3, 0.4) is 0 Å². The summed E-state index contributed by atoms with van der Waals surface area (Å²) >= 11 is 0. The number of hydrogen-bond acceptors (Lipinski definition) is 2. The predicted molar refractivity (Wildman–Crippen MR) is 67.1 cm³/mol. The summed E-state index contributed by atoms with van der Waals surface area (Å²) in [6, 6.07) is 0.630. The summed E-state index contributed by atoms with van der Waals surface area (Å²) in [7, 11) is 0. The van der Waals surface area contributed by atoms with E-state index in [0.717, 1.165) is 11.8 Å². The molecular formula is C13H28N2. The minimum absolute atomic E-state index is 0.630. The Morgan fingerprint density at radius 2 is 2.00 bits per heavy atom. The quantitative estimate of drug-likeness (QED) is 0.752. The van der Waals surface area contributed by atoms with Gasteiger partial charge in [0, 0.05) is 19.1 Å². The van der Waals surface area contributed by atoms with Crippen molar-refractivity contribution in [1.82, 2.24) is 10.2 Å². The number of nitrogens with one attached hydrogen (secondary N) is 1. The van der Waals surface area contributed by atoms with Gasteiger partial charge in [0.05, 0.1) is 0 Å². The van der Waals surface area contributed by atoms with Crippen molar-refractivity contribution in [3.63, 3.8) is 0 Å². The summed E-state index contributed by atoms with van der Waals surface area (Å²) in [5.41, 5.74) is 0. The third-order valence-corrected chi connectivity index (χ3v) is 3.04. The maximum Gasteiger partial charge on any atom is 0.00219 e. The van der Waals surface area contributed by atoms with E-state index in [1.807, 2.05) is 0 Å². The average molecular weight is 212 g/mol. The second-order valence-corrected chi connectivity index (χ2v) is 5.72. The van der Waals surface area contributed by atoms with Crippen LogP contribution in [0.4, 0.5) is 0 Å². The number of likely N-dealkylation sites (tertiary alicyclic amines) is 1. The van der Waals surface area contributed by atoms with Gasteiger partial charge in [-0.15, -0.1) is 0 Å². The zero-order valence-electron chi connectivity index (χ0n) is 10.9. The molecular weight excluding hydrogens is 184 g/mol. The topological polar surface area (TPSA) is 15.3 Å². The third-order valence-electron chi connectivity index (χ3n) is 3.04. The first-order chi connectivity index (χ1) is 7.08. The van der Waals surface area contributed by atoms with Crippen molar-refractivity contribution in [3.05, 3.63) is 0 Å². The first-order valence-corrected chi connectivity index (χ1v) is 6.53. The highest BCUT2D eigenvalue weighted by Gasteiger charge is 2.19. The molecule has 2 heteroatoms. The summed E-state index contributed by atoms with van der Waals surface area (Å²) < 4.78 is 0. The first kappa shape index (κ1) is 13.0. The molecule has 1 N–H and O–H groups in total. The Labute approximate surface area is 95.4 Å². The smallest absolute Gasteiger partial charge is 0.00219 e. The minimum atomic E-state index is 0.630. The summed E-state index contributed by atoms with van der Waals surface area (Å²) in [5, 5.41) is 3.56. The monoisotopic (exact) mass is 212 g/mol. The highest BCUT2D eigenvalue weighted by atomic mass is 15.1. The van der Waals surface area contributed by atoms with Crippen LogP contribution in [0.25, 0.3) is 0 Å². The number of nitrogens with zero attached hydrogens (tertiary/aromatic N) is 1. The van der Waals surface area contributed by atoms with Crippen LogP contribution < -0.4 is 5.32 Å². The van der Waals surface area contributed by atoms with Crippen LogP contribution >= 0.6 is 0 Å². The molecule has 90 valence electrons. The molecule has 0 aromatic heterocycles. The largest absolute Gasteiger partial charge is 0.314 e. The second-order valence-electron chi connectivity index (χ2n) is 5.72. The van der Waals surface area contributed by atoms with Gasteiger partial charge in [-0.1, -0.05) is 27.7 Å². The normalized spacial score (nSPS) is 24.0. The van der Waals surface area contributed by atoms with Gasteiger partial charge in [-0.05, 0) is 37.8 Å². The van der Waals surface area contributed by atoms with Gasteiger partial charge < -0.3 is 10.2 Å². The van der Waals surface area contributed by atoms with E-state index in [1.165, 1.54) is 39.0 Å². The second kappa shape index (κ2) is 6.49. The molecule has 0 aliphatic carbocycles. The van der Waals surface area contributed by atoms with Crippen LogP contribution in [0.15, 0.2) is 0 Å². The van der Waals surface area contributed by atoms with Crippen LogP contribution in [-0.4, -0.2) is 37.1 Å². The molecule has 0 spiro atoms. The number of piperidine rings is 1. The molecule has 1 heterocycles. The van der Waals surface area contributed by atoms with Crippen molar-refractivity contribution in [1.29, 1.82) is 0 Å². The molecule has 1 aliphatic rings. The van der Waals surface area contributed by atoms with E-state index in [1.54, 1.807) is 0 Å². The van der Waals surface area contributed by atoms with Crippen LogP contribution in [0.5, 0.6) is 0 Å². The van der Waals surface area contributed by atoms with Crippen molar-refractivity contribution in [2.75, 3.05) is 26.2 Å². The van der Waals surface area contributed by atoms with Crippen LogP contribution in [0.2, 0.25) is 0 Å². The van der Waals surface area contributed by atoms with Gasteiger partial charge in [0.1, 0.15) is 0 Å². The predicted octanol–water partition coefficient (Wildman–Crippen LogP) is 2.35. The molecule has 0 saturated carbocycles. The number of rotatable bonds is 5. The fourth-order valence-corrected chi connectivity index (χ4v) is 2.40. The average Bonchev–Trinajstić information content (AvgIpc) is 2.14. The Hall–Kier alpha value is -0.0800. The fourth-order valence-electron chi connectivity index (χ4n) is 2.40. The molecule has 1 unspecified atom stereocenters. The first-order valence-electron chi connectivity index (χ1n) is 6.53. The van der Waals surface area contributed by atoms with E-state index in [-0.39, 0.29) is 0 Å². The Morgan fingerprint density at radius 1 is 1.27 bits per heavy atom. The zero-order chi connectivity index (χ0) is 11.3. The highest BCUT2D eigenvalue weighted by Crippen LogP contribution is 2.16. The molecule has 0 radical (unpaired) electrons. The standard InChI is InChI=1S/C13H28N2/c1-11(2)9-15-7-5-6-13(10-15)8-14-12(3)4/h11-14H,5-10H2,1-4H3. The van der Waals surface area contributed by atoms with E-state index in [4.69, 9.17) is 0 Å². The molecule has 1 fully saturated rings. The number of hydrogen-bond donors (Lipinski definition) is 1. The molecule has 1 saturated heterocycles. The van der Waals surface area contributed by atoms with E-state index >= 15 is 0 Å². The van der Waals surface area contributed by atoms with Gasteiger partial charge in [-0.25, -0.2) is 0 Å². The summed E-state index contributed by atoms with van der Waals surface area (Å²) in [6.45, 7) is 14.2. The maximum absolute atomic E-state index is 3.56. The zero-order valence-corrected chi connectivity index (χ0v) is 10.9. The van der Waals surface area contributed by atoms with Crippen molar-refractivity contribution >= 4 is 0 Å². The van der Waals surface area contributed by atoms with E-state index < -0.39 is 0 Å². The van der Waals surface area contributed by atoms with Crippen molar-refractivity contribution in [2.24, 2.45) is 11.8 Å². The third kappa shape index (κ3) is 5.53. The molecule has 15 heavy (non-hydrogen) atoms. The lowest BCUT2D eigenvalue weighted by molar-refractivity contribution is 0.155. The van der Waals surface area contributed by atoms with Crippen molar-refractivity contribution in [3.8, 4) is 0 Å². The van der Waals surface area contributed by atoms with Gasteiger partial charge in [-0.3, -0.25) is 0 Å². The molecule has 0 amide bonds. The molecule has 0 bridgehead atoms.